The van der Waals surface area contributed by atoms with Crippen LogP contribution in [0.15, 0.2) is 43.0 Å². The van der Waals surface area contributed by atoms with Crippen LogP contribution in [0.4, 0.5) is 19.0 Å². The summed E-state index contributed by atoms with van der Waals surface area (Å²) in [7, 11) is 1.64. The van der Waals surface area contributed by atoms with Crippen LogP contribution in [-0.2, 0) is 12.6 Å². The Hall–Kier alpha value is -3.69. The number of imidazole rings is 1. The highest BCUT2D eigenvalue weighted by molar-refractivity contribution is 5.96. The summed E-state index contributed by atoms with van der Waals surface area (Å²) in [6.07, 6.45) is 1.28. The number of benzene rings is 1. The summed E-state index contributed by atoms with van der Waals surface area (Å²) >= 11 is 0. The van der Waals surface area contributed by atoms with Crippen molar-refractivity contribution in [3.05, 3.63) is 65.4 Å². The molecule has 2 N–H and O–H groups in total. The first kappa shape index (κ1) is 19.3. The second-order valence-electron chi connectivity index (χ2n) is 7.59. The second-order valence-corrected chi connectivity index (χ2v) is 7.59. The number of fused-ring (bicyclic) bond motifs is 4. The van der Waals surface area contributed by atoms with E-state index in [1.54, 1.807) is 30.0 Å². The smallest absolute Gasteiger partial charge is 0.382 e. The van der Waals surface area contributed by atoms with Gasteiger partial charge in [-0.25, -0.2) is 15.0 Å². The maximum Gasteiger partial charge on any atom is 0.416 e. The van der Waals surface area contributed by atoms with Gasteiger partial charge < -0.3 is 10.6 Å². The summed E-state index contributed by atoms with van der Waals surface area (Å²) in [4.78, 5) is 27.3. The van der Waals surface area contributed by atoms with Crippen molar-refractivity contribution >= 4 is 28.3 Å². The average Bonchev–Trinajstić information content (AvgIpc) is 3.39. The number of pyridine rings is 1. The Labute approximate surface area is 174 Å². The van der Waals surface area contributed by atoms with E-state index in [-0.39, 0.29) is 17.6 Å². The molecule has 0 radical (unpaired) electrons. The Balaban J connectivity index is 1.49. The normalized spacial score (nSPS) is 16.1. The van der Waals surface area contributed by atoms with E-state index in [1.807, 2.05) is 0 Å². The number of nitrogens with zero attached hydrogens (tertiary/aromatic N) is 5. The quantitative estimate of drug-likeness (QED) is 0.529. The first-order valence-corrected chi connectivity index (χ1v) is 9.58. The van der Waals surface area contributed by atoms with Crippen LogP contribution in [0.1, 0.15) is 39.6 Å². The van der Waals surface area contributed by atoms with Crippen LogP contribution in [0.5, 0.6) is 0 Å². The van der Waals surface area contributed by atoms with Gasteiger partial charge in [0.25, 0.3) is 5.91 Å². The molecule has 31 heavy (non-hydrogen) atoms. The molecule has 7 nitrogen and oxygen atoms in total. The van der Waals surface area contributed by atoms with Crippen molar-refractivity contribution in [2.75, 3.05) is 12.8 Å². The number of carbonyl (C=O) groups is 1. The summed E-state index contributed by atoms with van der Waals surface area (Å²) in [5.41, 5.74) is 8.59. The van der Waals surface area contributed by atoms with E-state index in [1.165, 1.54) is 23.2 Å². The minimum absolute atomic E-state index is 0.205. The summed E-state index contributed by atoms with van der Waals surface area (Å²) < 4.78 is 40.8. The van der Waals surface area contributed by atoms with Crippen molar-refractivity contribution in [3.8, 4) is 0 Å². The molecule has 0 unspecified atom stereocenters. The lowest BCUT2D eigenvalue weighted by molar-refractivity contribution is -0.137. The highest BCUT2D eigenvalue weighted by Crippen LogP contribution is 2.39. The number of carbonyl (C=O) groups excluding carboxylic acids is 1. The molecule has 0 saturated carbocycles. The van der Waals surface area contributed by atoms with Crippen molar-refractivity contribution in [1.82, 2.24) is 24.3 Å². The highest BCUT2D eigenvalue weighted by Gasteiger charge is 2.35. The highest BCUT2D eigenvalue weighted by atomic mass is 19.4. The number of nitrogen functional groups attached to an aromatic ring is 1. The van der Waals surface area contributed by atoms with Gasteiger partial charge in [-0.05, 0) is 42.2 Å². The lowest BCUT2D eigenvalue weighted by Crippen LogP contribution is -2.30. The molecule has 0 spiro atoms. The summed E-state index contributed by atoms with van der Waals surface area (Å²) in [6.45, 7) is 0. The molecule has 158 valence electrons. The number of hydrogen-bond acceptors (Lipinski definition) is 5. The van der Waals surface area contributed by atoms with E-state index in [9.17, 15) is 18.0 Å². The lowest BCUT2D eigenvalue weighted by Gasteiger charge is -2.25. The van der Waals surface area contributed by atoms with Gasteiger partial charge in [0.2, 0.25) is 0 Å². The van der Waals surface area contributed by atoms with Gasteiger partial charge in [0.1, 0.15) is 22.5 Å². The molecule has 1 aliphatic carbocycles. The van der Waals surface area contributed by atoms with Crippen molar-refractivity contribution in [2.45, 2.75) is 25.1 Å². The third kappa shape index (κ3) is 3.06. The number of aryl methyl sites for hydroxylation is 1. The summed E-state index contributed by atoms with van der Waals surface area (Å²) in [6, 6.07) is 5.01. The number of amides is 1. The van der Waals surface area contributed by atoms with Gasteiger partial charge in [-0.3, -0.25) is 9.20 Å². The van der Waals surface area contributed by atoms with Crippen LogP contribution in [0.25, 0.3) is 16.6 Å². The molecule has 4 aromatic rings. The Morgan fingerprint density at radius 1 is 1.23 bits per heavy atom. The number of hydrogen-bond donors (Lipinski definition) is 1. The van der Waals surface area contributed by atoms with Crippen molar-refractivity contribution < 1.29 is 18.0 Å². The number of halogens is 3. The Morgan fingerprint density at radius 2 is 2.03 bits per heavy atom. The first-order chi connectivity index (χ1) is 14.7. The molecule has 0 fully saturated rings. The predicted molar refractivity (Wildman–Crippen MR) is 107 cm³/mol. The van der Waals surface area contributed by atoms with E-state index >= 15 is 0 Å². The van der Waals surface area contributed by atoms with Gasteiger partial charge in [-0.15, -0.1) is 0 Å². The van der Waals surface area contributed by atoms with Gasteiger partial charge >= 0.3 is 6.18 Å². The molecule has 1 aliphatic rings. The van der Waals surface area contributed by atoms with Gasteiger partial charge in [0, 0.05) is 7.05 Å². The van der Waals surface area contributed by atoms with Crippen molar-refractivity contribution in [2.24, 2.45) is 0 Å². The average molecular weight is 426 g/mol. The van der Waals surface area contributed by atoms with Crippen LogP contribution < -0.4 is 5.73 Å². The Kier molecular flexibility index (Phi) is 4.14. The molecule has 0 aliphatic heterocycles. The van der Waals surface area contributed by atoms with Gasteiger partial charge in [0.05, 0.1) is 35.8 Å². The molecule has 3 heterocycles. The molecule has 1 atom stereocenters. The Bertz CT molecular complexity index is 1350. The number of nitrogens with two attached hydrogens (primary N) is 1. The van der Waals surface area contributed by atoms with Gasteiger partial charge in [-0.2, -0.15) is 13.2 Å². The van der Waals surface area contributed by atoms with Gasteiger partial charge in [0.15, 0.2) is 0 Å². The third-order valence-electron chi connectivity index (χ3n) is 5.79. The van der Waals surface area contributed by atoms with E-state index in [4.69, 9.17) is 5.73 Å². The fourth-order valence-electron chi connectivity index (χ4n) is 4.19. The van der Waals surface area contributed by atoms with Crippen LogP contribution in [0.3, 0.4) is 0 Å². The van der Waals surface area contributed by atoms with E-state index < -0.39 is 11.7 Å². The Morgan fingerprint density at radius 3 is 2.81 bits per heavy atom. The lowest BCUT2D eigenvalue weighted by atomic mass is 10.0. The number of rotatable bonds is 2. The molecular formula is C21H17F3N6O. The minimum Gasteiger partial charge on any atom is -0.382 e. The van der Waals surface area contributed by atoms with Crippen LogP contribution in [0.2, 0.25) is 0 Å². The second kappa shape index (κ2) is 6.66. The third-order valence-corrected chi connectivity index (χ3v) is 5.79. The van der Waals surface area contributed by atoms with Crippen molar-refractivity contribution in [1.29, 1.82) is 0 Å². The zero-order valence-corrected chi connectivity index (χ0v) is 16.4. The van der Waals surface area contributed by atoms with Crippen LogP contribution in [0, 0.1) is 0 Å². The molecule has 10 heteroatoms. The number of aromatic nitrogens is 4. The standard InChI is InChI=1S/C21H17F3N6O/c1-29(16-5-2-11-6-12(21(22,23)24)3-4-13(11)16)20(31)14-7-17-15(8-27-14)28-19(25)18-9-26-10-30(17)18/h3-4,6-10,16H,2,5H2,1H3,(H2,25,28)/t16-/m1/s1. The fourth-order valence-corrected chi connectivity index (χ4v) is 4.19. The summed E-state index contributed by atoms with van der Waals surface area (Å²) in [5.74, 6) is -0.0199. The van der Waals surface area contributed by atoms with Crippen LogP contribution in [-0.4, -0.2) is 37.2 Å². The van der Waals surface area contributed by atoms with E-state index in [2.05, 4.69) is 15.0 Å². The van der Waals surface area contributed by atoms with E-state index in [0.717, 1.165) is 11.6 Å². The molecule has 1 amide bonds. The first-order valence-electron chi connectivity index (χ1n) is 9.58. The SMILES string of the molecule is CN(C(=O)c1cc2c(cn1)nc(N)c1cncn12)[C@@H]1CCc2cc(C(F)(F)F)ccc21. The van der Waals surface area contributed by atoms with Crippen molar-refractivity contribution in [3.63, 3.8) is 0 Å². The zero-order chi connectivity index (χ0) is 21.9. The molecule has 0 saturated heterocycles. The monoisotopic (exact) mass is 426 g/mol. The number of anilines is 1. The molecule has 1 aromatic carbocycles. The molecule has 5 rings (SSSR count). The van der Waals surface area contributed by atoms with Crippen LogP contribution >= 0.6 is 0 Å². The predicted octanol–water partition coefficient (Wildman–Crippen LogP) is 3.64. The molecule has 0 bridgehead atoms. The maximum absolute atomic E-state index is 13.2. The minimum atomic E-state index is -4.39. The topological polar surface area (TPSA) is 89.4 Å². The zero-order valence-electron chi connectivity index (χ0n) is 16.4. The van der Waals surface area contributed by atoms with E-state index in [0.29, 0.717) is 40.8 Å². The fraction of sp³-hybridized carbons (Fsp3) is 0.238. The number of alkyl halides is 3. The molecular weight excluding hydrogens is 409 g/mol. The molecule has 3 aromatic heterocycles. The van der Waals surface area contributed by atoms with Gasteiger partial charge in [-0.1, -0.05) is 6.07 Å². The maximum atomic E-state index is 13.2. The summed E-state index contributed by atoms with van der Waals surface area (Å²) in [5, 5.41) is 0. The largest absolute Gasteiger partial charge is 0.416 e.